The molecule has 0 spiro atoms. The van der Waals surface area contributed by atoms with Crippen LogP contribution < -0.4 is 0 Å². The summed E-state index contributed by atoms with van der Waals surface area (Å²) in [5, 5.41) is 18.0. The molecule has 2 rings (SSSR count). The molecule has 5 nitrogen and oxygen atoms in total. The van der Waals surface area contributed by atoms with Crippen molar-refractivity contribution in [2.24, 2.45) is 0 Å². The highest BCUT2D eigenvalue weighted by molar-refractivity contribution is 5.96. The summed E-state index contributed by atoms with van der Waals surface area (Å²) in [7, 11) is 0. The van der Waals surface area contributed by atoms with Crippen LogP contribution in [0.4, 0.5) is 0 Å². The number of amides is 1. The Kier molecular flexibility index (Phi) is 1.63. The second kappa shape index (κ2) is 2.56. The van der Waals surface area contributed by atoms with Gasteiger partial charge in [-0.05, 0) is 12.5 Å². The topological polar surface area (TPSA) is 77.8 Å². The molecule has 0 bridgehead atoms. The Morgan fingerprint density at radius 1 is 1.62 bits per heavy atom. The maximum atomic E-state index is 11.0. The number of rotatable bonds is 1. The first-order valence-electron chi connectivity index (χ1n) is 4.05. The largest absolute Gasteiger partial charge is 0.477 e. The summed E-state index contributed by atoms with van der Waals surface area (Å²) in [5.41, 5.74) is -0.0833. The summed E-state index contributed by atoms with van der Waals surface area (Å²) in [6, 6.07) is -0.112. The van der Waals surface area contributed by atoms with Crippen molar-refractivity contribution in [3.05, 3.63) is 11.8 Å². The summed E-state index contributed by atoms with van der Waals surface area (Å²) < 4.78 is 0. The molecule has 0 radical (unpaired) electrons. The van der Waals surface area contributed by atoms with E-state index in [1.165, 1.54) is 11.0 Å². The highest BCUT2D eigenvalue weighted by Crippen LogP contribution is 2.32. The Bertz CT molecular complexity index is 309. The van der Waals surface area contributed by atoms with E-state index in [0.29, 0.717) is 12.8 Å². The summed E-state index contributed by atoms with van der Waals surface area (Å²) >= 11 is 0. The number of carbonyl (C=O) groups excluding carboxylic acids is 1. The molecule has 0 aromatic rings. The van der Waals surface area contributed by atoms with E-state index in [0.717, 1.165) is 0 Å². The minimum Gasteiger partial charge on any atom is -0.477 e. The molecule has 1 fully saturated rings. The summed E-state index contributed by atoms with van der Waals surface area (Å²) in [6.45, 7) is 0. The quantitative estimate of drug-likeness (QED) is 0.528. The van der Waals surface area contributed by atoms with Crippen LogP contribution in [0.3, 0.4) is 0 Å². The van der Waals surface area contributed by atoms with Gasteiger partial charge in [-0.15, -0.1) is 0 Å². The number of hydrogen-bond donors (Lipinski definition) is 2. The molecule has 2 heterocycles. The van der Waals surface area contributed by atoms with E-state index >= 15 is 0 Å². The minimum atomic E-state index is -1.16. The fourth-order valence-electron chi connectivity index (χ4n) is 1.79. The van der Waals surface area contributed by atoms with Gasteiger partial charge in [-0.1, -0.05) is 0 Å². The van der Waals surface area contributed by atoms with Crippen LogP contribution in [-0.2, 0) is 9.59 Å². The summed E-state index contributed by atoms with van der Waals surface area (Å²) in [4.78, 5) is 22.9. The zero-order valence-electron chi connectivity index (χ0n) is 6.80. The lowest BCUT2D eigenvalue weighted by Gasteiger charge is -2.44. The Morgan fingerprint density at radius 3 is 2.85 bits per heavy atom. The van der Waals surface area contributed by atoms with Gasteiger partial charge in [0.25, 0.3) is 0 Å². The van der Waals surface area contributed by atoms with Crippen LogP contribution >= 0.6 is 0 Å². The van der Waals surface area contributed by atoms with E-state index < -0.39 is 12.1 Å². The molecule has 2 aliphatic heterocycles. The van der Waals surface area contributed by atoms with Crippen LogP contribution in [-0.4, -0.2) is 39.1 Å². The number of carboxylic acids is 1. The van der Waals surface area contributed by atoms with Crippen LogP contribution in [0.25, 0.3) is 0 Å². The van der Waals surface area contributed by atoms with Crippen LogP contribution in [0.1, 0.15) is 12.8 Å². The molecule has 70 valence electrons. The predicted octanol–water partition coefficient (Wildman–Crippen LogP) is -0.680. The number of nitrogens with zero attached hydrogens (tertiary/aromatic N) is 1. The Labute approximate surface area is 74.3 Å². The van der Waals surface area contributed by atoms with Crippen molar-refractivity contribution in [3.63, 3.8) is 0 Å². The lowest BCUT2D eigenvalue weighted by Crippen LogP contribution is -2.56. The average molecular weight is 183 g/mol. The van der Waals surface area contributed by atoms with E-state index in [1.807, 2.05) is 0 Å². The van der Waals surface area contributed by atoms with E-state index in [1.54, 1.807) is 0 Å². The Hall–Kier alpha value is -1.36. The summed E-state index contributed by atoms with van der Waals surface area (Å²) in [6.07, 6.45) is 1.28. The van der Waals surface area contributed by atoms with Crippen molar-refractivity contribution in [2.75, 3.05) is 0 Å². The van der Waals surface area contributed by atoms with Gasteiger partial charge in [-0.2, -0.15) is 0 Å². The van der Waals surface area contributed by atoms with Crippen LogP contribution in [0.5, 0.6) is 0 Å². The number of aliphatic carboxylic acids is 1. The SMILES string of the molecule is O=C(O)C1=C[C@H](O)C[C@H]2CC(=O)N12. The number of hydrogen-bond acceptors (Lipinski definition) is 3. The Morgan fingerprint density at radius 2 is 2.31 bits per heavy atom. The monoisotopic (exact) mass is 183 g/mol. The predicted molar refractivity (Wildman–Crippen MR) is 41.6 cm³/mol. The molecule has 13 heavy (non-hydrogen) atoms. The van der Waals surface area contributed by atoms with Crippen LogP contribution in [0.15, 0.2) is 11.8 Å². The molecule has 1 amide bonds. The number of β-lactam (4-membered cyclic amide) rings is 1. The van der Waals surface area contributed by atoms with Gasteiger partial charge in [0.05, 0.1) is 6.10 Å². The number of aliphatic hydroxyl groups is 1. The normalized spacial score (nSPS) is 31.9. The molecule has 0 aromatic carbocycles. The van der Waals surface area contributed by atoms with E-state index in [2.05, 4.69) is 0 Å². The van der Waals surface area contributed by atoms with Crippen molar-refractivity contribution >= 4 is 11.9 Å². The molecule has 1 saturated heterocycles. The molecule has 0 unspecified atom stereocenters. The van der Waals surface area contributed by atoms with Gasteiger partial charge in [0.1, 0.15) is 5.70 Å². The van der Waals surface area contributed by atoms with Crippen molar-refractivity contribution < 1.29 is 19.8 Å². The van der Waals surface area contributed by atoms with Gasteiger partial charge < -0.3 is 15.1 Å². The summed E-state index contributed by atoms with van der Waals surface area (Å²) in [5.74, 6) is -1.33. The van der Waals surface area contributed by atoms with Gasteiger partial charge >= 0.3 is 5.97 Å². The fraction of sp³-hybridized carbons (Fsp3) is 0.500. The molecule has 0 aromatic heterocycles. The van der Waals surface area contributed by atoms with E-state index in [-0.39, 0.29) is 17.6 Å². The second-order valence-electron chi connectivity index (χ2n) is 3.28. The van der Waals surface area contributed by atoms with E-state index in [4.69, 9.17) is 5.11 Å². The smallest absolute Gasteiger partial charge is 0.352 e. The standard InChI is InChI=1S/C8H9NO4/c10-5-1-4-2-7(11)9(4)6(3-5)8(12)13/h3-5,10H,1-2H2,(H,12,13)/t4-,5+/m0/s1. The van der Waals surface area contributed by atoms with Gasteiger partial charge in [0.15, 0.2) is 0 Å². The van der Waals surface area contributed by atoms with E-state index in [9.17, 15) is 14.7 Å². The van der Waals surface area contributed by atoms with Gasteiger partial charge in [-0.25, -0.2) is 4.79 Å². The maximum Gasteiger partial charge on any atom is 0.352 e. The van der Waals surface area contributed by atoms with Crippen molar-refractivity contribution in [1.82, 2.24) is 4.90 Å². The first kappa shape index (κ1) is 8.25. The van der Waals surface area contributed by atoms with Crippen LogP contribution in [0, 0.1) is 0 Å². The fourth-order valence-corrected chi connectivity index (χ4v) is 1.79. The number of carbonyl (C=O) groups is 2. The third-order valence-corrected chi connectivity index (χ3v) is 2.39. The van der Waals surface area contributed by atoms with Gasteiger partial charge in [-0.3, -0.25) is 4.79 Å². The van der Waals surface area contributed by atoms with Crippen LogP contribution in [0.2, 0.25) is 0 Å². The lowest BCUT2D eigenvalue weighted by molar-refractivity contribution is -0.151. The highest BCUT2D eigenvalue weighted by atomic mass is 16.4. The molecule has 2 aliphatic rings. The first-order chi connectivity index (χ1) is 6.09. The molecule has 0 saturated carbocycles. The average Bonchev–Trinajstić information content (AvgIpc) is 2.01. The first-order valence-corrected chi connectivity index (χ1v) is 4.05. The van der Waals surface area contributed by atoms with Gasteiger partial charge in [0.2, 0.25) is 5.91 Å². The molecule has 5 heteroatoms. The van der Waals surface area contributed by atoms with Crippen molar-refractivity contribution in [1.29, 1.82) is 0 Å². The molecule has 2 atom stereocenters. The molecular weight excluding hydrogens is 174 g/mol. The Balaban J connectivity index is 2.30. The zero-order valence-corrected chi connectivity index (χ0v) is 6.80. The van der Waals surface area contributed by atoms with Crippen molar-refractivity contribution in [2.45, 2.75) is 25.0 Å². The molecule has 0 aliphatic carbocycles. The minimum absolute atomic E-state index is 0.0833. The maximum absolute atomic E-state index is 11.0. The number of fused-ring (bicyclic) bond motifs is 1. The van der Waals surface area contributed by atoms with Crippen molar-refractivity contribution in [3.8, 4) is 0 Å². The number of aliphatic hydroxyl groups excluding tert-OH is 1. The second-order valence-corrected chi connectivity index (χ2v) is 3.28. The number of carboxylic acid groups (broad SMARTS) is 1. The lowest BCUT2D eigenvalue weighted by atomic mass is 9.90. The highest BCUT2D eigenvalue weighted by Gasteiger charge is 2.44. The molecular formula is C8H9NO4. The zero-order chi connectivity index (χ0) is 9.59. The van der Waals surface area contributed by atoms with Gasteiger partial charge in [0, 0.05) is 12.5 Å². The third-order valence-electron chi connectivity index (χ3n) is 2.39. The molecule has 2 N–H and O–H groups in total. The third kappa shape index (κ3) is 1.12.